The Bertz CT molecular complexity index is 193. The predicted octanol–water partition coefficient (Wildman–Crippen LogP) is 2.63. The van der Waals surface area contributed by atoms with Gasteiger partial charge in [0.1, 0.15) is 0 Å². The molecule has 2 atom stereocenters. The number of fused-ring (bicyclic) bond motifs is 1. The van der Waals surface area contributed by atoms with Gasteiger partial charge in [0.2, 0.25) is 0 Å². The van der Waals surface area contributed by atoms with Gasteiger partial charge in [0, 0.05) is 6.54 Å². The molecule has 2 heteroatoms. The molecular formula is C14H28N2. The van der Waals surface area contributed by atoms with Crippen molar-refractivity contribution in [3.63, 3.8) is 0 Å². The predicted molar refractivity (Wildman–Crippen MR) is 69.4 cm³/mol. The van der Waals surface area contributed by atoms with E-state index in [1.807, 2.05) is 0 Å². The first kappa shape index (κ1) is 12.4. The molecule has 0 bridgehead atoms. The minimum Gasteiger partial charge on any atom is -0.330 e. The molecular weight excluding hydrogens is 196 g/mol. The third kappa shape index (κ3) is 3.46. The van der Waals surface area contributed by atoms with Gasteiger partial charge in [0.05, 0.1) is 0 Å². The normalized spacial score (nSPS) is 31.3. The lowest BCUT2D eigenvalue weighted by molar-refractivity contribution is 0.0857. The molecule has 2 N–H and O–H groups in total. The third-order valence-electron chi connectivity index (χ3n) is 4.55. The number of hydrogen-bond donors (Lipinski definition) is 1. The second-order valence-electron chi connectivity index (χ2n) is 5.74. The summed E-state index contributed by atoms with van der Waals surface area (Å²) in [5, 5.41) is 0. The number of piperidine rings is 1. The Kier molecular flexibility index (Phi) is 5.11. The maximum atomic E-state index is 5.52. The number of likely N-dealkylation sites (tertiary alicyclic amines) is 1. The van der Waals surface area contributed by atoms with Crippen LogP contribution in [0.15, 0.2) is 0 Å². The van der Waals surface area contributed by atoms with Gasteiger partial charge in [-0.3, -0.25) is 0 Å². The smallest absolute Gasteiger partial charge is 0.00123 e. The zero-order valence-electron chi connectivity index (χ0n) is 10.7. The van der Waals surface area contributed by atoms with Gasteiger partial charge in [0.15, 0.2) is 0 Å². The van der Waals surface area contributed by atoms with Crippen molar-refractivity contribution in [1.82, 2.24) is 4.90 Å². The summed E-state index contributed by atoms with van der Waals surface area (Å²) < 4.78 is 0. The van der Waals surface area contributed by atoms with E-state index >= 15 is 0 Å². The second-order valence-corrected chi connectivity index (χ2v) is 5.74. The Labute approximate surface area is 101 Å². The topological polar surface area (TPSA) is 29.3 Å². The quantitative estimate of drug-likeness (QED) is 0.727. The molecule has 0 radical (unpaired) electrons. The summed E-state index contributed by atoms with van der Waals surface area (Å²) in [5.74, 6) is 2.12. The van der Waals surface area contributed by atoms with E-state index in [1.165, 1.54) is 71.0 Å². The molecule has 1 saturated heterocycles. The number of rotatable bonds is 5. The molecule has 1 saturated carbocycles. The monoisotopic (exact) mass is 224 g/mol. The highest BCUT2D eigenvalue weighted by Crippen LogP contribution is 2.35. The highest BCUT2D eigenvalue weighted by atomic mass is 15.1. The van der Waals surface area contributed by atoms with Crippen LogP contribution in [0, 0.1) is 11.8 Å². The average molecular weight is 224 g/mol. The molecule has 2 aliphatic rings. The summed E-state index contributed by atoms with van der Waals surface area (Å²) in [7, 11) is 0. The van der Waals surface area contributed by atoms with Crippen LogP contribution < -0.4 is 5.73 Å². The van der Waals surface area contributed by atoms with Crippen molar-refractivity contribution in [2.45, 2.75) is 51.4 Å². The largest absolute Gasteiger partial charge is 0.330 e. The van der Waals surface area contributed by atoms with Crippen molar-refractivity contribution in [3.8, 4) is 0 Å². The summed E-state index contributed by atoms with van der Waals surface area (Å²) in [5.41, 5.74) is 5.52. The van der Waals surface area contributed by atoms with Crippen LogP contribution in [-0.2, 0) is 0 Å². The Morgan fingerprint density at radius 1 is 0.938 bits per heavy atom. The summed E-state index contributed by atoms with van der Waals surface area (Å²) in [4.78, 5) is 2.71. The Hall–Kier alpha value is -0.0800. The number of nitrogens with two attached hydrogens (primary N) is 1. The van der Waals surface area contributed by atoms with Gasteiger partial charge < -0.3 is 10.6 Å². The van der Waals surface area contributed by atoms with Gasteiger partial charge in [-0.15, -0.1) is 0 Å². The fourth-order valence-corrected chi connectivity index (χ4v) is 3.54. The minimum absolute atomic E-state index is 0.866. The Morgan fingerprint density at radius 3 is 2.56 bits per heavy atom. The van der Waals surface area contributed by atoms with E-state index in [1.54, 1.807) is 0 Å². The highest BCUT2D eigenvalue weighted by Gasteiger charge is 2.30. The summed E-state index contributed by atoms with van der Waals surface area (Å²) >= 11 is 0. The van der Waals surface area contributed by atoms with E-state index in [2.05, 4.69) is 4.90 Å². The fourth-order valence-electron chi connectivity index (χ4n) is 3.54. The Balaban J connectivity index is 1.65. The van der Waals surface area contributed by atoms with Gasteiger partial charge in [-0.05, 0) is 57.2 Å². The lowest BCUT2D eigenvalue weighted by atomic mass is 9.75. The summed E-state index contributed by atoms with van der Waals surface area (Å²) in [6.07, 6.45) is 11.4. The lowest BCUT2D eigenvalue weighted by Crippen LogP contribution is -2.42. The van der Waals surface area contributed by atoms with Gasteiger partial charge in [-0.25, -0.2) is 0 Å². The van der Waals surface area contributed by atoms with E-state index in [4.69, 9.17) is 5.73 Å². The molecule has 0 aromatic carbocycles. The van der Waals surface area contributed by atoms with Gasteiger partial charge >= 0.3 is 0 Å². The lowest BCUT2D eigenvalue weighted by Gasteiger charge is -2.41. The molecule has 0 amide bonds. The zero-order valence-corrected chi connectivity index (χ0v) is 10.7. The molecule has 0 aromatic heterocycles. The summed E-state index contributed by atoms with van der Waals surface area (Å²) in [6.45, 7) is 4.95. The molecule has 1 aliphatic carbocycles. The molecule has 94 valence electrons. The van der Waals surface area contributed by atoms with Crippen LogP contribution in [-0.4, -0.2) is 31.1 Å². The van der Waals surface area contributed by atoms with Crippen LogP contribution >= 0.6 is 0 Å². The van der Waals surface area contributed by atoms with E-state index < -0.39 is 0 Å². The minimum atomic E-state index is 0.866. The van der Waals surface area contributed by atoms with Gasteiger partial charge in [0.25, 0.3) is 0 Å². The van der Waals surface area contributed by atoms with E-state index in [0.717, 1.165) is 18.4 Å². The first-order chi connectivity index (χ1) is 7.90. The first-order valence-electron chi connectivity index (χ1n) is 7.32. The molecule has 0 unspecified atom stereocenters. The third-order valence-corrected chi connectivity index (χ3v) is 4.55. The summed E-state index contributed by atoms with van der Waals surface area (Å²) in [6, 6.07) is 0. The second kappa shape index (κ2) is 6.61. The molecule has 0 spiro atoms. The van der Waals surface area contributed by atoms with Crippen LogP contribution in [0.1, 0.15) is 51.4 Å². The van der Waals surface area contributed by atoms with Crippen molar-refractivity contribution < 1.29 is 0 Å². The molecule has 16 heavy (non-hydrogen) atoms. The van der Waals surface area contributed by atoms with E-state index in [9.17, 15) is 0 Å². The zero-order chi connectivity index (χ0) is 11.2. The van der Waals surface area contributed by atoms with E-state index in [-0.39, 0.29) is 0 Å². The van der Waals surface area contributed by atoms with Crippen LogP contribution in [0.25, 0.3) is 0 Å². The first-order valence-corrected chi connectivity index (χ1v) is 7.32. The highest BCUT2D eigenvalue weighted by molar-refractivity contribution is 4.83. The molecule has 2 nitrogen and oxygen atoms in total. The van der Waals surface area contributed by atoms with Crippen LogP contribution in [0.4, 0.5) is 0 Å². The van der Waals surface area contributed by atoms with E-state index in [0.29, 0.717) is 0 Å². The van der Waals surface area contributed by atoms with Crippen LogP contribution in [0.3, 0.4) is 0 Å². The number of nitrogens with zero attached hydrogens (tertiary/aromatic N) is 1. The molecule has 2 rings (SSSR count). The molecule has 0 aromatic rings. The van der Waals surface area contributed by atoms with Crippen molar-refractivity contribution in [2.24, 2.45) is 17.6 Å². The molecule has 1 heterocycles. The van der Waals surface area contributed by atoms with Gasteiger partial charge in [-0.1, -0.05) is 25.7 Å². The molecule has 1 aliphatic heterocycles. The van der Waals surface area contributed by atoms with Crippen molar-refractivity contribution in [3.05, 3.63) is 0 Å². The van der Waals surface area contributed by atoms with Crippen LogP contribution in [0.2, 0.25) is 0 Å². The maximum absolute atomic E-state index is 5.52. The van der Waals surface area contributed by atoms with Crippen LogP contribution in [0.5, 0.6) is 0 Å². The fraction of sp³-hybridized carbons (Fsp3) is 1.00. The van der Waals surface area contributed by atoms with Gasteiger partial charge in [-0.2, -0.15) is 0 Å². The average Bonchev–Trinajstić information content (AvgIpc) is 2.34. The number of unbranched alkanes of at least 4 members (excludes halogenated alkanes) is 2. The SMILES string of the molecule is NCCCCCN1CC[C@H]2CCCC[C@@H]2C1. The maximum Gasteiger partial charge on any atom is 0.00123 e. The molecule has 2 fully saturated rings. The van der Waals surface area contributed by atoms with Crippen molar-refractivity contribution >= 4 is 0 Å². The standard InChI is InChI=1S/C14H28N2/c15-9-4-1-5-10-16-11-8-13-6-2-3-7-14(13)12-16/h13-14H,1-12,15H2/t13-,14-/m1/s1. The van der Waals surface area contributed by atoms with Crippen molar-refractivity contribution in [2.75, 3.05) is 26.2 Å². The van der Waals surface area contributed by atoms with Crippen molar-refractivity contribution in [1.29, 1.82) is 0 Å². The Morgan fingerprint density at radius 2 is 1.75 bits per heavy atom. The number of hydrogen-bond acceptors (Lipinski definition) is 2.